The number of nitrogens with one attached hydrogen (secondary N) is 1. The van der Waals surface area contributed by atoms with Crippen LogP contribution in [-0.2, 0) is 4.74 Å². The molecule has 0 bridgehead atoms. The van der Waals surface area contributed by atoms with Crippen LogP contribution in [0.4, 0.5) is 22.0 Å². The lowest BCUT2D eigenvalue weighted by molar-refractivity contribution is -0.275. The number of methoxy groups -OCH3 is 1. The Morgan fingerprint density at radius 3 is 2.61 bits per heavy atom. The van der Waals surface area contributed by atoms with Crippen molar-refractivity contribution in [2.75, 3.05) is 20.3 Å². The highest BCUT2D eigenvalue weighted by Crippen LogP contribution is 2.59. The van der Waals surface area contributed by atoms with Crippen LogP contribution < -0.4 is 14.9 Å². The largest absolute Gasteiger partial charge is 0.493 e. The molecule has 0 amide bonds. The van der Waals surface area contributed by atoms with Crippen LogP contribution in [0.2, 0.25) is 0 Å². The van der Waals surface area contributed by atoms with E-state index in [0.29, 0.717) is 0 Å². The van der Waals surface area contributed by atoms with Gasteiger partial charge in [0, 0.05) is 35.4 Å². The zero-order chi connectivity index (χ0) is 28.0. The fraction of sp³-hybridized carbons (Fsp3) is 0.440. The minimum atomic E-state index is -4.85. The molecule has 3 aromatic rings. The Labute approximate surface area is 213 Å². The number of hydrogen-bond donors (Lipinski definition) is 3. The Kier molecular flexibility index (Phi) is 7.38. The highest BCUT2D eigenvalue weighted by Gasteiger charge is 2.65. The standard InChI is InChI=1S/C25H25F5N2O6/c1-11-18(13-4-5-14(26)20(27)21(13)36-3)22(38-24(11,2)25(28,29)30)16-8-17(35)19-15(32-16)6-7-31-23(19)37-10-12(34)9-33/h4-8,11-12,18,22,33-34H,9-10H2,1-3H3,(H,32,35)/t11-,12+,18-,22-,24+/m0/s1. The zero-order valence-electron chi connectivity index (χ0n) is 20.5. The summed E-state index contributed by atoms with van der Waals surface area (Å²) in [5, 5.41) is 18.5. The molecule has 1 aliphatic heterocycles. The van der Waals surface area contributed by atoms with Crippen molar-refractivity contribution in [3.63, 3.8) is 0 Å². The quantitative estimate of drug-likeness (QED) is 0.388. The van der Waals surface area contributed by atoms with Crippen molar-refractivity contribution in [3.05, 3.63) is 63.6 Å². The van der Waals surface area contributed by atoms with Gasteiger partial charge in [0.1, 0.15) is 24.2 Å². The molecule has 38 heavy (non-hydrogen) atoms. The van der Waals surface area contributed by atoms with E-state index in [4.69, 9.17) is 19.3 Å². The molecule has 8 nitrogen and oxygen atoms in total. The second kappa shape index (κ2) is 10.1. The number of aromatic nitrogens is 2. The lowest BCUT2D eigenvalue weighted by Gasteiger charge is -2.32. The van der Waals surface area contributed by atoms with E-state index in [1.54, 1.807) is 0 Å². The van der Waals surface area contributed by atoms with Crippen LogP contribution in [0.25, 0.3) is 10.9 Å². The summed E-state index contributed by atoms with van der Waals surface area (Å²) in [6, 6.07) is 4.35. The number of hydrogen-bond acceptors (Lipinski definition) is 7. The van der Waals surface area contributed by atoms with Crippen LogP contribution in [0.5, 0.6) is 11.6 Å². The minimum absolute atomic E-state index is 0.0482. The molecule has 0 unspecified atom stereocenters. The van der Waals surface area contributed by atoms with E-state index >= 15 is 0 Å². The average molecular weight is 544 g/mol. The number of rotatable bonds is 7. The van der Waals surface area contributed by atoms with Crippen LogP contribution in [0.3, 0.4) is 0 Å². The number of alkyl halides is 3. The van der Waals surface area contributed by atoms with E-state index < -0.39 is 65.2 Å². The molecule has 1 saturated heterocycles. The van der Waals surface area contributed by atoms with Gasteiger partial charge >= 0.3 is 6.18 Å². The predicted molar refractivity (Wildman–Crippen MR) is 124 cm³/mol. The summed E-state index contributed by atoms with van der Waals surface area (Å²) < 4.78 is 87.2. The summed E-state index contributed by atoms with van der Waals surface area (Å²) in [4.78, 5) is 20.0. The maximum atomic E-state index is 14.6. The lowest BCUT2D eigenvalue weighted by atomic mass is 9.76. The fourth-order valence-corrected chi connectivity index (χ4v) is 4.76. The number of nitrogens with zero attached hydrogens (tertiary/aromatic N) is 1. The van der Waals surface area contributed by atoms with Gasteiger partial charge in [0.2, 0.25) is 11.7 Å². The molecule has 4 rings (SSSR count). The molecule has 0 aliphatic carbocycles. The smallest absolute Gasteiger partial charge is 0.417 e. The number of halogens is 5. The third-order valence-electron chi connectivity index (χ3n) is 6.97. The summed E-state index contributed by atoms with van der Waals surface area (Å²) in [6.45, 7) is 1.18. The van der Waals surface area contributed by atoms with Crippen LogP contribution in [-0.4, -0.2) is 58.4 Å². The Balaban J connectivity index is 1.88. The Morgan fingerprint density at radius 2 is 1.97 bits per heavy atom. The van der Waals surface area contributed by atoms with Gasteiger partial charge in [0.25, 0.3) is 0 Å². The first kappa shape index (κ1) is 27.7. The minimum Gasteiger partial charge on any atom is -0.493 e. The summed E-state index contributed by atoms with van der Waals surface area (Å²) in [5.41, 5.74) is -3.36. The SMILES string of the molecule is COc1c([C@H]2[C@H](c3cc(=O)c4c(OC[C@H](O)CO)nccc4[nH]3)O[C@@](C)(C(F)(F)F)[C@H]2C)ccc(F)c1F. The maximum absolute atomic E-state index is 14.6. The van der Waals surface area contributed by atoms with Crippen molar-refractivity contribution in [1.29, 1.82) is 0 Å². The number of pyridine rings is 2. The van der Waals surface area contributed by atoms with E-state index in [0.717, 1.165) is 32.2 Å². The van der Waals surface area contributed by atoms with Crippen LogP contribution >= 0.6 is 0 Å². The molecule has 1 fully saturated rings. The second-order valence-corrected chi connectivity index (χ2v) is 9.22. The molecular formula is C25H25F5N2O6. The number of H-pyrrole nitrogens is 1. The molecule has 0 radical (unpaired) electrons. The van der Waals surface area contributed by atoms with Crippen LogP contribution in [0.1, 0.15) is 37.1 Å². The molecule has 3 N–H and O–H groups in total. The third-order valence-corrected chi connectivity index (χ3v) is 6.97. The van der Waals surface area contributed by atoms with E-state index in [-0.39, 0.29) is 34.6 Å². The number of aliphatic hydroxyl groups is 2. The number of fused-ring (bicyclic) bond motifs is 1. The Bertz CT molecular complexity index is 1400. The summed E-state index contributed by atoms with van der Waals surface area (Å²) in [7, 11) is 1.07. The van der Waals surface area contributed by atoms with Crippen LogP contribution in [0, 0.1) is 17.6 Å². The molecule has 5 atom stereocenters. The normalized spacial score (nSPS) is 24.5. The predicted octanol–water partition coefficient (Wildman–Crippen LogP) is 3.75. The van der Waals surface area contributed by atoms with Gasteiger partial charge in [0.15, 0.2) is 22.6 Å². The van der Waals surface area contributed by atoms with Crippen molar-refractivity contribution in [2.45, 2.75) is 43.8 Å². The first-order valence-corrected chi connectivity index (χ1v) is 11.5. The summed E-state index contributed by atoms with van der Waals surface area (Å²) in [5.74, 6) is -5.85. The van der Waals surface area contributed by atoms with E-state index in [2.05, 4.69) is 9.97 Å². The first-order valence-electron chi connectivity index (χ1n) is 11.5. The van der Waals surface area contributed by atoms with E-state index in [1.165, 1.54) is 19.2 Å². The fourth-order valence-electron chi connectivity index (χ4n) is 4.76. The molecule has 0 saturated carbocycles. The van der Waals surface area contributed by atoms with E-state index in [9.17, 15) is 31.9 Å². The van der Waals surface area contributed by atoms with Crippen molar-refractivity contribution in [2.24, 2.45) is 5.92 Å². The third kappa shape index (κ3) is 4.58. The van der Waals surface area contributed by atoms with E-state index in [1.807, 2.05) is 0 Å². The van der Waals surface area contributed by atoms with Gasteiger partial charge in [-0.1, -0.05) is 13.0 Å². The maximum Gasteiger partial charge on any atom is 0.417 e. The van der Waals surface area contributed by atoms with Gasteiger partial charge < -0.3 is 29.4 Å². The van der Waals surface area contributed by atoms with Crippen LogP contribution in [0.15, 0.2) is 35.3 Å². The van der Waals surface area contributed by atoms with Gasteiger partial charge in [-0.15, -0.1) is 0 Å². The topological polar surface area (TPSA) is 114 Å². The van der Waals surface area contributed by atoms with Gasteiger partial charge in [-0.05, 0) is 19.1 Å². The van der Waals surface area contributed by atoms with Gasteiger partial charge in [0.05, 0.1) is 19.2 Å². The van der Waals surface area contributed by atoms with Gasteiger partial charge in [-0.3, -0.25) is 4.79 Å². The highest BCUT2D eigenvalue weighted by molar-refractivity contribution is 5.83. The number of aromatic amines is 1. The molecule has 0 spiro atoms. The average Bonchev–Trinajstić information content (AvgIpc) is 3.15. The number of aliphatic hydroxyl groups excluding tert-OH is 2. The van der Waals surface area contributed by atoms with Crippen molar-refractivity contribution >= 4 is 10.9 Å². The molecular weight excluding hydrogens is 519 g/mol. The molecule has 3 heterocycles. The molecule has 1 aliphatic rings. The summed E-state index contributed by atoms with van der Waals surface area (Å²) in [6.07, 6.45) is -6.25. The van der Waals surface area contributed by atoms with Crippen molar-refractivity contribution in [1.82, 2.24) is 9.97 Å². The Morgan fingerprint density at radius 1 is 1.26 bits per heavy atom. The molecule has 13 heteroatoms. The van der Waals surface area contributed by atoms with Gasteiger partial charge in [-0.2, -0.15) is 17.6 Å². The number of ether oxygens (including phenoxy) is 3. The summed E-state index contributed by atoms with van der Waals surface area (Å²) >= 11 is 0. The first-order chi connectivity index (χ1) is 17.8. The Hall–Kier alpha value is -3.29. The van der Waals surface area contributed by atoms with Crippen molar-refractivity contribution in [3.8, 4) is 11.6 Å². The second-order valence-electron chi connectivity index (χ2n) is 9.22. The van der Waals surface area contributed by atoms with Crippen molar-refractivity contribution < 1.29 is 46.4 Å². The van der Waals surface area contributed by atoms with Gasteiger partial charge in [-0.25, -0.2) is 9.37 Å². The molecule has 1 aromatic carbocycles. The molecule has 2 aromatic heterocycles. The highest BCUT2D eigenvalue weighted by atomic mass is 19.4. The molecule has 206 valence electrons. The number of benzene rings is 1. The zero-order valence-corrected chi connectivity index (χ0v) is 20.5. The monoisotopic (exact) mass is 544 g/mol. The lowest BCUT2D eigenvalue weighted by Crippen LogP contribution is -2.46.